The van der Waals surface area contributed by atoms with Gasteiger partial charge < -0.3 is 10.4 Å². The lowest BCUT2D eigenvalue weighted by atomic mass is 10.1. The van der Waals surface area contributed by atoms with Gasteiger partial charge >= 0.3 is 0 Å². The van der Waals surface area contributed by atoms with Gasteiger partial charge in [-0.1, -0.05) is 76.7 Å². The fourth-order valence-corrected chi connectivity index (χ4v) is 5.61. The van der Waals surface area contributed by atoms with Crippen LogP contribution in [-0.4, -0.2) is 37.7 Å². The number of carbonyl (C=O) groups is 1. The minimum absolute atomic E-state index is 0.137. The molecule has 0 unspecified atom stereocenters. The smallest absolute Gasteiger partial charge is 0.265 e. The molecule has 2 N–H and O–H groups in total. The highest BCUT2D eigenvalue weighted by molar-refractivity contribution is 8.01. The second kappa shape index (κ2) is 11.2. The van der Waals surface area contributed by atoms with Gasteiger partial charge in [-0.25, -0.2) is 9.56 Å². The zero-order chi connectivity index (χ0) is 27.5. The zero-order valence-corrected chi connectivity index (χ0v) is 23.1. The lowest BCUT2D eigenvalue weighted by Crippen LogP contribution is -2.20. The van der Waals surface area contributed by atoms with Gasteiger partial charge in [0.05, 0.1) is 17.0 Å². The van der Waals surface area contributed by atoms with Crippen molar-refractivity contribution in [2.75, 3.05) is 11.1 Å². The van der Waals surface area contributed by atoms with Crippen molar-refractivity contribution in [2.45, 2.75) is 25.1 Å². The van der Waals surface area contributed by atoms with E-state index in [2.05, 4.69) is 20.5 Å². The maximum Gasteiger partial charge on any atom is 0.265 e. The van der Waals surface area contributed by atoms with Crippen LogP contribution in [0.1, 0.15) is 22.3 Å². The number of fused-ring (bicyclic) bond motifs is 1. The first-order chi connectivity index (χ1) is 18.8. The van der Waals surface area contributed by atoms with Crippen molar-refractivity contribution in [1.29, 1.82) is 0 Å². The van der Waals surface area contributed by atoms with E-state index >= 15 is 0 Å². The van der Waals surface area contributed by atoms with Crippen molar-refractivity contribution in [3.05, 3.63) is 99.3 Å². The molecule has 0 saturated heterocycles. The molecule has 0 radical (unpaired) electrons. The Hall–Kier alpha value is -4.28. The van der Waals surface area contributed by atoms with E-state index in [4.69, 9.17) is 0 Å². The zero-order valence-electron chi connectivity index (χ0n) is 21.5. The minimum Gasteiger partial charge on any atom is -0.494 e. The predicted molar refractivity (Wildman–Crippen MR) is 158 cm³/mol. The SMILES string of the molecule is Cc1ccc(-n2c(O)c(C=Nc3nnc(SCC(=O)Nc4ccc(C)cc4C)s3)c3ccccc3c2=O)cc1. The highest BCUT2D eigenvalue weighted by Crippen LogP contribution is 2.30. The molecule has 8 nitrogen and oxygen atoms in total. The highest BCUT2D eigenvalue weighted by atomic mass is 32.2. The van der Waals surface area contributed by atoms with Crippen LogP contribution >= 0.6 is 23.1 Å². The molecule has 0 atom stereocenters. The molecule has 2 aromatic heterocycles. The Balaban J connectivity index is 1.36. The van der Waals surface area contributed by atoms with Gasteiger partial charge in [-0.2, -0.15) is 0 Å². The first-order valence-corrected chi connectivity index (χ1v) is 13.9. The maximum absolute atomic E-state index is 13.2. The molecule has 10 heteroatoms. The summed E-state index contributed by atoms with van der Waals surface area (Å²) in [6.45, 7) is 5.92. The molecular weight excluding hydrogens is 530 g/mol. The van der Waals surface area contributed by atoms with Crippen LogP contribution in [0, 0.1) is 20.8 Å². The topological polar surface area (TPSA) is 109 Å². The number of amides is 1. The van der Waals surface area contributed by atoms with Crippen LogP contribution in [0.3, 0.4) is 0 Å². The summed E-state index contributed by atoms with van der Waals surface area (Å²) < 4.78 is 1.87. The number of benzene rings is 3. The van der Waals surface area contributed by atoms with Gasteiger partial charge in [0.2, 0.25) is 16.9 Å². The summed E-state index contributed by atoms with van der Waals surface area (Å²) in [6.07, 6.45) is 1.49. The van der Waals surface area contributed by atoms with E-state index in [1.54, 1.807) is 36.4 Å². The number of aromatic hydroxyl groups is 1. The average molecular weight is 556 g/mol. The monoisotopic (exact) mass is 555 g/mol. The van der Waals surface area contributed by atoms with Gasteiger partial charge in [-0.05, 0) is 50.6 Å². The van der Waals surface area contributed by atoms with E-state index in [1.165, 1.54) is 33.9 Å². The molecule has 5 aromatic rings. The second-order valence-electron chi connectivity index (χ2n) is 9.02. The quantitative estimate of drug-likeness (QED) is 0.190. The van der Waals surface area contributed by atoms with Gasteiger partial charge in [-0.15, -0.1) is 10.2 Å². The number of aryl methyl sites for hydroxylation is 3. The van der Waals surface area contributed by atoms with Gasteiger partial charge in [0.1, 0.15) is 0 Å². The van der Waals surface area contributed by atoms with Crippen molar-refractivity contribution >= 4 is 56.8 Å². The van der Waals surface area contributed by atoms with Gasteiger partial charge in [0.15, 0.2) is 4.34 Å². The molecule has 0 aliphatic heterocycles. The van der Waals surface area contributed by atoms with E-state index < -0.39 is 0 Å². The standard InChI is InChI=1S/C29H25N5O3S2/c1-17-8-11-20(12-9-17)34-26(36)22-7-5-4-6-21(22)23(27(34)37)15-30-28-32-33-29(39-28)38-16-25(35)31-24-13-10-18(2)14-19(24)3/h4-15,37H,16H2,1-3H3,(H,31,35). The predicted octanol–water partition coefficient (Wildman–Crippen LogP) is 5.95. The third-order valence-corrected chi connectivity index (χ3v) is 8.04. The number of nitrogens with zero attached hydrogens (tertiary/aromatic N) is 4. The maximum atomic E-state index is 13.2. The molecule has 5 rings (SSSR count). The Morgan fingerprint density at radius 3 is 2.49 bits per heavy atom. The van der Waals surface area contributed by atoms with E-state index in [0.717, 1.165) is 22.4 Å². The summed E-state index contributed by atoms with van der Waals surface area (Å²) >= 11 is 2.51. The molecule has 0 aliphatic carbocycles. The third kappa shape index (κ3) is 5.76. The number of hydrogen-bond acceptors (Lipinski definition) is 8. The van der Waals surface area contributed by atoms with Crippen LogP contribution in [0.2, 0.25) is 0 Å². The van der Waals surface area contributed by atoms with Crippen LogP contribution in [0.5, 0.6) is 5.88 Å². The Morgan fingerprint density at radius 1 is 1.03 bits per heavy atom. The number of rotatable bonds is 7. The number of carbonyl (C=O) groups excluding carboxylic acids is 1. The van der Waals surface area contributed by atoms with E-state index in [1.807, 2.05) is 51.1 Å². The molecule has 1 amide bonds. The first kappa shape index (κ1) is 26.3. The van der Waals surface area contributed by atoms with Crippen LogP contribution in [0.25, 0.3) is 16.5 Å². The fourth-order valence-electron chi connectivity index (χ4n) is 4.12. The molecule has 3 aromatic carbocycles. The number of thioether (sulfide) groups is 1. The number of aromatic nitrogens is 3. The normalized spacial score (nSPS) is 11.4. The van der Waals surface area contributed by atoms with Crippen LogP contribution in [-0.2, 0) is 4.79 Å². The lowest BCUT2D eigenvalue weighted by Gasteiger charge is -2.13. The number of pyridine rings is 1. The van der Waals surface area contributed by atoms with Crippen molar-refractivity contribution < 1.29 is 9.90 Å². The fraction of sp³-hybridized carbons (Fsp3) is 0.138. The molecule has 0 spiro atoms. The Bertz CT molecular complexity index is 1770. The second-order valence-corrected chi connectivity index (χ2v) is 11.2. The van der Waals surface area contributed by atoms with E-state index in [0.29, 0.717) is 31.5 Å². The van der Waals surface area contributed by atoms with Crippen molar-refractivity contribution in [3.63, 3.8) is 0 Å². The lowest BCUT2D eigenvalue weighted by molar-refractivity contribution is -0.113. The van der Waals surface area contributed by atoms with Crippen LogP contribution in [0.15, 0.2) is 80.9 Å². The van der Waals surface area contributed by atoms with Crippen LogP contribution < -0.4 is 10.9 Å². The summed E-state index contributed by atoms with van der Waals surface area (Å²) in [6, 6.07) is 20.3. The van der Waals surface area contributed by atoms with Gasteiger partial charge in [-0.3, -0.25) is 9.59 Å². The summed E-state index contributed by atoms with van der Waals surface area (Å²) in [5, 5.41) is 23.7. The van der Waals surface area contributed by atoms with Gasteiger partial charge in [0.25, 0.3) is 5.56 Å². The van der Waals surface area contributed by atoms with Crippen molar-refractivity contribution in [1.82, 2.24) is 14.8 Å². The van der Waals surface area contributed by atoms with E-state index in [-0.39, 0.29) is 23.1 Å². The van der Waals surface area contributed by atoms with Crippen LogP contribution in [0.4, 0.5) is 10.8 Å². The summed E-state index contributed by atoms with van der Waals surface area (Å²) in [4.78, 5) is 30.1. The first-order valence-electron chi connectivity index (χ1n) is 12.1. The molecular formula is C29H25N5O3S2. The largest absolute Gasteiger partial charge is 0.494 e. The molecule has 2 heterocycles. The summed E-state index contributed by atoms with van der Waals surface area (Å²) in [5.41, 5.74) is 4.59. The Labute approximate surface area is 233 Å². The minimum atomic E-state index is -0.321. The van der Waals surface area contributed by atoms with Gasteiger partial charge in [0, 0.05) is 22.7 Å². The Kier molecular flexibility index (Phi) is 7.58. The molecule has 39 heavy (non-hydrogen) atoms. The van der Waals surface area contributed by atoms with Crippen molar-refractivity contribution in [2.24, 2.45) is 4.99 Å². The van der Waals surface area contributed by atoms with E-state index in [9.17, 15) is 14.7 Å². The molecule has 0 bridgehead atoms. The number of hydrogen-bond donors (Lipinski definition) is 2. The summed E-state index contributed by atoms with van der Waals surface area (Å²) in [5.74, 6) is -0.172. The molecule has 0 fully saturated rings. The van der Waals surface area contributed by atoms with Crippen molar-refractivity contribution in [3.8, 4) is 11.6 Å². The summed E-state index contributed by atoms with van der Waals surface area (Å²) in [7, 11) is 0. The molecule has 0 saturated carbocycles. The highest BCUT2D eigenvalue weighted by Gasteiger charge is 2.17. The number of nitrogens with one attached hydrogen (secondary N) is 1. The Morgan fingerprint density at radius 2 is 1.74 bits per heavy atom. The average Bonchev–Trinajstić information content (AvgIpc) is 3.38. The molecule has 196 valence electrons. The number of anilines is 1. The molecule has 0 aliphatic rings. The third-order valence-electron chi connectivity index (χ3n) is 6.08. The number of aliphatic imine (C=N–C) groups is 1.